The molecular weight excluding hydrogens is 252 g/mol. The van der Waals surface area contributed by atoms with E-state index in [1.54, 1.807) is 4.68 Å². The lowest BCUT2D eigenvalue weighted by atomic mass is 9.89. The summed E-state index contributed by atoms with van der Waals surface area (Å²) < 4.78 is 1.74. The molecule has 1 fully saturated rings. The summed E-state index contributed by atoms with van der Waals surface area (Å²) in [5, 5.41) is 8.18. The number of aryl methyl sites for hydroxylation is 1. The van der Waals surface area contributed by atoms with Gasteiger partial charge in [0.2, 0.25) is 0 Å². The van der Waals surface area contributed by atoms with E-state index in [0.29, 0.717) is 0 Å². The molecule has 1 aliphatic heterocycles. The van der Waals surface area contributed by atoms with Crippen molar-refractivity contribution < 1.29 is 0 Å². The Morgan fingerprint density at radius 1 is 1.30 bits per heavy atom. The number of aromatic nitrogens is 3. The van der Waals surface area contributed by atoms with E-state index in [0.717, 1.165) is 25.2 Å². The van der Waals surface area contributed by atoms with Gasteiger partial charge in [0.1, 0.15) is 0 Å². The lowest BCUT2D eigenvalue weighted by Gasteiger charge is -2.43. The van der Waals surface area contributed by atoms with Crippen molar-refractivity contribution in [1.29, 1.82) is 0 Å². The monoisotopic (exact) mass is 280 g/mol. The van der Waals surface area contributed by atoms with Crippen molar-refractivity contribution in [3.05, 3.63) is 11.9 Å². The molecule has 0 aromatic carbocycles. The van der Waals surface area contributed by atoms with Gasteiger partial charge < -0.3 is 0 Å². The number of hydrogen-bond acceptors (Lipinski definition) is 5. The van der Waals surface area contributed by atoms with Crippen LogP contribution in [0, 0.1) is 0 Å². The number of likely N-dealkylation sites (tertiary alicyclic amines) is 1. The summed E-state index contributed by atoms with van der Waals surface area (Å²) in [6.07, 6.45) is 8.02. The summed E-state index contributed by atoms with van der Waals surface area (Å²) in [5.41, 5.74) is 3.99. The maximum atomic E-state index is 5.83. The van der Waals surface area contributed by atoms with Crippen LogP contribution in [-0.2, 0) is 13.5 Å². The zero-order valence-corrected chi connectivity index (χ0v) is 13.0. The Morgan fingerprint density at radius 2 is 1.95 bits per heavy atom. The quantitative estimate of drug-likeness (QED) is 0.618. The number of nitrogens with one attached hydrogen (secondary N) is 1. The molecule has 0 aliphatic carbocycles. The average Bonchev–Trinajstić information content (AvgIpc) is 2.68. The third kappa shape index (κ3) is 3.56. The Morgan fingerprint density at radius 3 is 2.45 bits per heavy atom. The van der Waals surface area contributed by atoms with E-state index >= 15 is 0 Å². The van der Waals surface area contributed by atoms with E-state index in [1.165, 1.54) is 25.7 Å². The molecule has 6 heteroatoms. The van der Waals surface area contributed by atoms with Crippen LogP contribution in [0.15, 0.2) is 6.20 Å². The molecule has 0 saturated carbocycles. The standard InChI is InChI=1S/C14H28N6/c1-14(2,20-8-6-4-5-7-9-20)13(16-15)10-12-11-19(3)18-17-12/h11,13,16H,4-10,15H2,1-3H3. The summed E-state index contributed by atoms with van der Waals surface area (Å²) in [5.74, 6) is 5.83. The van der Waals surface area contributed by atoms with Crippen LogP contribution in [0.3, 0.4) is 0 Å². The number of hydrazine groups is 1. The Hall–Kier alpha value is -0.980. The molecule has 1 aromatic rings. The van der Waals surface area contributed by atoms with Crippen LogP contribution in [0.25, 0.3) is 0 Å². The zero-order valence-electron chi connectivity index (χ0n) is 13.0. The smallest absolute Gasteiger partial charge is 0.0843 e. The number of hydrogen-bond donors (Lipinski definition) is 2. The van der Waals surface area contributed by atoms with Gasteiger partial charge in [-0.2, -0.15) is 0 Å². The van der Waals surface area contributed by atoms with Crippen molar-refractivity contribution in [3.8, 4) is 0 Å². The normalized spacial score (nSPS) is 19.8. The van der Waals surface area contributed by atoms with Gasteiger partial charge in [0.15, 0.2) is 0 Å². The number of nitrogens with zero attached hydrogens (tertiary/aromatic N) is 4. The van der Waals surface area contributed by atoms with Gasteiger partial charge in [-0.25, -0.2) is 0 Å². The molecule has 2 heterocycles. The molecule has 20 heavy (non-hydrogen) atoms. The highest BCUT2D eigenvalue weighted by Gasteiger charge is 2.35. The second-order valence-electron chi connectivity index (χ2n) is 6.36. The van der Waals surface area contributed by atoms with Crippen LogP contribution in [0.1, 0.15) is 45.2 Å². The van der Waals surface area contributed by atoms with Crippen molar-refractivity contribution in [2.45, 2.75) is 57.5 Å². The topological polar surface area (TPSA) is 72.0 Å². The number of rotatable bonds is 5. The maximum absolute atomic E-state index is 5.83. The van der Waals surface area contributed by atoms with Crippen LogP contribution in [-0.4, -0.2) is 44.6 Å². The third-order valence-corrected chi connectivity index (χ3v) is 4.54. The molecule has 0 radical (unpaired) electrons. The molecule has 0 bridgehead atoms. The molecule has 1 aromatic heterocycles. The third-order valence-electron chi connectivity index (χ3n) is 4.54. The Balaban J connectivity index is 2.07. The average molecular weight is 280 g/mol. The van der Waals surface area contributed by atoms with Gasteiger partial charge in [-0.1, -0.05) is 18.1 Å². The van der Waals surface area contributed by atoms with Crippen LogP contribution in [0.2, 0.25) is 0 Å². The molecule has 1 atom stereocenters. The Bertz CT molecular complexity index is 406. The van der Waals surface area contributed by atoms with E-state index in [-0.39, 0.29) is 11.6 Å². The highest BCUT2D eigenvalue weighted by Crippen LogP contribution is 2.24. The van der Waals surface area contributed by atoms with Gasteiger partial charge in [-0.3, -0.25) is 20.9 Å². The molecule has 2 rings (SSSR count). The van der Waals surface area contributed by atoms with Gasteiger partial charge in [0, 0.05) is 31.2 Å². The van der Waals surface area contributed by atoms with E-state index in [1.807, 2.05) is 13.2 Å². The SMILES string of the molecule is Cn1cc(CC(NN)C(C)(C)N2CCCCCC2)nn1. The zero-order chi connectivity index (χ0) is 14.6. The van der Waals surface area contributed by atoms with Crippen molar-refractivity contribution in [1.82, 2.24) is 25.3 Å². The summed E-state index contributed by atoms with van der Waals surface area (Å²) in [6.45, 7) is 6.87. The van der Waals surface area contributed by atoms with Gasteiger partial charge in [0.05, 0.1) is 5.69 Å². The first-order chi connectivity index (χ1) is 9.54. The van der Waals surface area contributed by atoms with Crippen LogP contribution >= 0.6 is 0 Å². The predicted molar refractivity (Wildman–Crippen MR) is 79.9 cm³/mol. The minimum atomic E-state index is 0.0105. The minimum absolute atomic E-state index is 0.0105. The predicted octanol–water partition coefficient (Wildman–Crippen LogP) is 0.844. The van der Waals surface area contributed by atoms with Crippen LogP contribution < -0.4 is 11.3 Å². The van der Waals surface area contributed by atoms with E-state index in [9.17, 15) is 0 Å². The first-order valence-electron chi connectivity index (χ1n) is 7.60. The van der Waals surface area contributed by atoms with Crippen molar-refractivity contribution in [3.63, 3.8) is 0 Å². The van der Waals surface area contributed by atoms with Crippen molar-refractivity contribution in [2.75, 3.05) is 13.1 Å². The molecule has 0 spiro atoms. The molecule has 1 saturated heterocycles. The number of nitrogens with two attached hydrogens (primary N) is 1. The highest BCUT2D eigenvalue weighted by atomic mass is 15.4. The Labute approximate surface area is 121 Å². The van der Waals surface area contributed by atoms with Gasteiger partial charge in [0.25, 0.3) is 0 Å². The van der Waals surface area contributed by atoms with E-state index < -0.39 is 0 Å². The fraction of sp³-hybridized carbons (Fsp3) is 0.857. The molecule has 0 amide bonds. The second-order valence-corrected chi connectivity index (χ2v) is 6.36. The summed E-state index contributed by atoms with van der Waals surface area (Å²) >= 11 is 0. The molecule has 1 unspecified atom stereocenters. The molecule has 6 nitrogen and oxygen atoms in total. The summed E-state index contributed by atoms with van der Waals surface area (Å²) in [7, 11) is 1.89. The van der Waals surface area contributed by atoms with E-state index in [4.69, 9.17) is 5.84 Å². The lowest BCUT2D eigenvalue weighted by molar-refractivity contribution is 0.0831. The minimum Gasteiger partial charge on any atom is -0.297 e. The first kappa shape index (κ1) is 15.4. The fourth-order valence-corrected chi connectivity index (χ4v) is 3.08. The highest BCUT2D eigenvalue weighted by molar-refractivity contribution is 5.03. The second kappa shape index (κ2) is 6.65. The first-order valence-corrected chi connectivity index (χ1v) is 7.60. The van der Waals surface area contributed by atoms with Crippen molar-refractivity contribution >= 4 is 0 Å². The maximum Gasteiger partial charge on any atom is 0.0843 e. The molecule has 114 valence electrons. The van der Waals surface area contributed by atoms with Crippen LogP contribution in [0.5, 0.6) is 0 Å². The lowest BCUT2D eigenvalue weighted by Crippen LogP contribution is -2.60. The molecule has 1 aliphatic rings. The summed E-state index contributed by atoms with van der Waals surface area (Å²) in [4.78, 5) is 2.57. The van der Waals surface area contributed by atoms with Gasteiger partial charge >= 0.3 is 0 Å². The van der Waals surface area contributed by atoms with E-state index in [2.05, 4.69) is 34.5 Å². The van der Waals surface area contributed by atoms with Gasteiger partial charge in [-0.05, 0) is 39.8 Å². The summed E-state index contributed by atoms with van der Waals surface area (Å²) in [6, 6.07) is 0.164. The van der Waals surface area contributed by atoms with Crippen molar-refractivity contribution in [2.24, 2.45) is 12.9 Å². The fourth-order valence-electron chi connectivity index (χ4n) is 3.08. The Kier molecular flexibility index (Phi) is 5.12. The molecule has 3 N–H and O–H groups in total. The molecular formula is C14H28N6. The largest absolute Gasteiger partial charge is 0.297 e. The van der Waals surface area contributed by atoms with Crippen LogP contribution in [0.4, 0.5) is 0 Å². The van der Waals surface area contributed by atoms with Gasteiger partial charge in [-0.15, -0.1) is 5.10 Å².